The number of fused-ring (bicyclic) bond motifs is 2. The standard InChI is InChI=1S/C17H19N5O4/c1-8-4-11(14-9(2)20-26-16(14)18-8)15(24)19-10-5-12-17(25)21(3)7-13(23)22(12)6-10/h4,10,12H,5-7H2,1-3H3,(H,19,24)/t10-,12-/m0/s1. The smallest absolute Gasteiger partial charge is 0.258 e. The van der Waals surface area contributed by atoms with Gasteiger partial charge in [-0.3, -0.25) is 14.4 Å². The third-order valence-corrected chi connectivity index (χ3v) is 4.98. The Morgan fingerprint density at radius 2 is 2.12 bits per heavy atom. The lowest BCUT2D eigenvalue weighted by atomic mass is 10.1. The van der Waals surface area contributed by atoms with E-state index in [0.717, 1.165) is 0 Å². The zero-order valence-electron chi connectivity index (χ0n) is 14.8. The Morgan fingerprint density at radius 1 is 1.35 bits per heavy atom. The second-order valence-electron chi connectivity index (χ2n) is 6.92. The number of likely N-dealkylation sites (N-methyl/N-ethyl adjacent to an activating group) is 1. The molecule has 2 aliphatic rings. The molecule has 136 valence electrons. The molecule has 2 aromatic rings. The lowest BCUT2D eigenvalue weighted by molar-refractivity contribution is -0.152. The van der Waals surface area contributed by atoms with E-state index in [9.17, 15) is 14.4 Å². The molecule has 1 N–H and O–H groups in total. The van der Waals surface area contributed by atoms with Crippen LogP contribution in [0.2, 0.25) is 0 Å². The summed E-state index contributed by atoms with van der Waals surface area (Å²) < 4.78 is 5.16. The molecule has 2 saturated heterocycles. The average Bonchev–Trinajstić information content (AvgIpc) is 3.16. The van der Waals surface area contributed by atoms with Crippen LogP contribution in [0.15, 0.2) is 10.6 Å². The van der Waals surface area contributed by atoms with Gasteiger partial charge in [0.15, 0.2) is 0 Å². The molecule has 26 heavy (non-hydrogen) atoms. The topological polar surface area (TPSA) is 109 Å². The lowest BCUT2D eigenvalue weighted by Gasteiger charge is -2.33. The van der Waals surface area contributed by atoms with Crippen molar-refractivity contribution in [2.24, 2.45) is 0 Å². The van der Waals surface area contributed by atoms with E-state index in [0.29, 0.717) is 41.0 Å². The first-order valence-electron chi connectivity index (χ1n) is 8.44. The van der Waals surface area contributed by atoms with Gasteiger partial charge in [-0.1, -0.05) is 5.16 Å². The van der Waals surface area contributed by atoms with Gasteiger partial charge in [0, 0.05) is 25.3 Å². The minimum atomic E-state index is -0.497. The number of aryl methyl sites for hydroxylation is 2. The molecule has 0 aliphatic carbocycles. The minimum absolute atomic E-state index is 0.0834. The second kappa shape index (κ2) is 5.79. The number of hydrogen-bond acceptors (Lipinski definition) is 6. The predicted octanol–water partition coefficient (Wildman–Crippen LogP) is 0.0109. The van der Waals surface area contributed by atoms with Gasteiger partial charge in [-0.05, 0) is 26.3 Å². The fraction of sp³-hybridized carbons (Fsp3) is 0.471. The van der Waals surface area contributed by atoms with Crippen molar-refractivity contribution in [1.82, 2.24) is 25.3 Å². The van der Waals surface area contributed by atoms with Crippen molar-refractivity contribution in [3.05, 3.63) is 23.0 Å². The summed E-state index contributed by atoms with van der Waals surface area (Å²) >= 11 is 0. The molecule has 2 aliphatic heterocycles. The van der Waals surface area contributed by atoms with E-state index in [1.54, 1.807) is 31.9 Å². The molecule has 0 spiro atoms. The first kappa shape index (κ1) is 16.5. The van der Waals surface area contributed by atoms with E-state index in [1.807, 2.05) is 0 Å². The number of amides is 3. The van der Waals surface area contributed by atoms with Crippen LogP contribution in [0.1, 0.15) is 28.2 Å². The highest BCUT2D eigenvalue weighted by atomic mass is 16.5. The molecule has 2 aromatic heterocycles. The van der Waals surface area contributed by atoms with Gasteiger partial charge in [-0.15, -0.1) is 0 Å². The quantitative estimate of drug-likeness (QED) is 0.811. The molecular weight excluding hydrogens is 338 g/mol. The van der Waals surface area contributed by atoms with E-state index in [2.05, 4.69) is 15.5 Å². The molecule has 0 aromatic carbocycles. The summed E-state index contributed by atoms with van der Waals surface area (Å²) in [6.45, 7) is 3.95. The number of aromatic nitrogens is 2. The van der Waals surface area contributed by atoms with Gasteiger partial charge in [0.1, 0.15) is 6.04 Å². The molecular formula is C17H19N5O4. The van der Waals surface area contributed by atoms with Gasteiger partial charge < -0.3 is 19.6 Å². The van der Waals surface area contributed by atoms with Crippen molar-refractivity contribution in [3.8, 4) is 0 Å². The van der Waals surface area contributed by atoms with Gasteiger partial charge in [0.05, 0.1) is 23.2 Å². The Labute approximate surface area is 149 Å². The number of rotatable bonds is 2. The summed E-state index contributed by atoms with van der Waals surface area (Å²) in [4.78, 5) is 44.5. The zero-order chi connectivity index (χ0) is 18.6. The molecule has 0 unspecified atom stereocenters. The molecule has 3 amide bonds. The Morgan fingerprint density at radius 3 is 2.88 bits per heavy atom. The normalized spacial score (nSPS) is 22.9. The van der Waals surface area contributed by atoms with Gasteiger partial charge in [-0.25, -0.2) is 4.98 Å². The average molecular weight is 357 g/mol. The summed E-state index contributed by atoms with van der Waals surface area (Å²) in [6, 6.07) is 0.910. The van der Waals surface area contributed by atoms with Crippen LogP contribution >= 0.6 is 0 Å². The number of nitrogens with one attached hydrogen (secondary N) is 1. The van der Waals surface area contributed by atoms with Gasteiger partial charge in [0.2, 0.25) is 11.8 Å². The number of carbonyl (C=O) groups is 3. The van der Waals surface area contributed by atoms with Crippen LogP contribution in [0.4, 0.5) is 0 Å². The van der Waals surface area contributed by atoms with Crippen molar-refractivity contribution < 1.29 is 18.9 Å². The third-order valence-electron chi connectivity index (χ3n) is 4.98. The van der Waals surface area contributed by atoms with Crippen LogP contribution in [0.5, 0.6) is 0 Å². The fourth-order valence-electron chi connectivity index (χ4n) is 3.74. The number of nitrogens with zero attached hydrogens (tertiary/aromatic N) is 4. The maximum atomic E-state index is 12.8. The molecule has 0 bridgehead atoms. The van der Waals surface area contributed by atoms with Crippen molar-refractivity contribution in [3.63, 3.8) is 0 Å². The number of piperazine rings is 1. The molecule has 4 rings (SSSR count). The van der Waals surface area contributed by atoms with Crippen LogP contribution in [-0.4, -0.2) is 69.9 Å². The maximum Gasteiger partial charge on any atom is 0.258 e. The van der Waals surface area contributed by atoms with E-state index >= 15 is 0 Å². The Bertz CT molecular complexity index is 937. The first-order chi connectivity index (χ1) is 12.3. The summed E-state index contributed by atoms with van der Waals surface area (Å²) in [5.74, 6) is -0.464. The molecule has 4 heterocycles. The molecule has 0 saturated carbocycles. The van der Waals surface area contributed by atoms with Crippen molar-refractivity contribution in [1.29, 1.82) is 0 Å². The summed E-state index contributed by atoms with van der Waals surface area (Å²) in [7, 11) is 1.62. The number of carbonyl (C=O) groups excluding carboxylic acids is 3. The van der Waals surface area contributed by atoms with Gasteiger partial charge in [-0.2, -0.15) is 0 Å². The molecule has 2 atom stereocenters. The van der Waals surface area contributed by atoms with E-state index in [1.165, 1.54) is 4.90 Å². The zero-order valence-corrected chi connectivity index (χ0v) is 14.8. The molecule has 0 radical (unpaired) electrons. The Balaban J connectivity index is 1.58. The van der Waals surface area contributed by atoms with Crippen LogP contribution in [0.3, 0.4) is 0 Å². The summed E-state index contributed by atoms with van der Waals surface area (Å²) in [6.07, 6.45) is 0.413. The Hall–Kier alpha value is -2.97. The summed E-state index contributed by atoms with van der Waals surface area (Å²) in [5, 5.41) is 7.40. The highest BCUT2D eigenvalue weighted by molar-refractivity contribution is 6.06. The minimum Gasteiger partial charge on any atom is -0.347 e. The van der Waals surface area contributed by atoms with Crippen LogP contribution in [-0.2, 0) is 9.59 Å². The van der Waals surface area contributed by atoms with Crippen molar-refractivity contribution in [2.75, 3.05) is 20.1 Å². The Kier molecular flexibility index (Phi) is 3.67. The first-order valence-corrected chi connectivity index (χ1v) is 8.44. The highest BCUT2D eigenvalue weighted by Gasteiger charge is 2.45. The van der Waals surface area contributed by atoms with Crippen molar-refractivity contribution >= 4 is 28.8 Å². The van der Waals surface area contributed by atoms with Crippen LogP contribution in [0, 0.1) is 13.8 Å². The number of pyridine rings is 1. The summed E-state index contributed by atoms with van der Waals surface area (Å²) in [5.41, 5.74) is 2.00. The van der Waals surface area contributed by atoms with E-state index in [-0.39, 0.29) is 30.3 Å². The van der Waals surface area contributed by atoms with E-state index in [4.69, 9.17) is 4.52 Å². The monoisotopic (exact) mass is 357 g/mol. The predicted molar refractivity (Wildman–Crippen MR) is 90.3 cm³/mol. The van der Waals surface area contributed by atoms with E-state index < -0.39 is 6.04 Å². The maximum absolute atomic E-state index is 12.8. The van der Waals surface area contributed by atoms with Crippen molar-refractivity contribution in [2.45, 2.75) is 32.4 Å². The molecule has 9 heteroatoms. The second-order valence-corrected chi connectivity index (χ2v) is 6.92. The van der Waals surface area contributed by atoms with Crippen LogP contribution < -0.4 is 5.32 Å². The van der Waals surface area contributed by atoms with Gasteiger partial charge >= 0.3 is 0 Å². The third kappa shape index (κ3) is 2.51. The molecule has 2 fully saturated rings. The molecule has 9 nitrogen and oxygen atoms in total. The number of hydrogen-bond donors (Lipinski definition) is 1. The van der Waals surface area contributed by atoms with Gasteiger partial charge in [0.25, 0.3) is 11.6 Å². The van der Waals surface area contributed by atoms with Crippen LogP contribution in [0.25, 0.3) is 11.1 Å². The fourth-order valence-corrected chi connectivity index (χ4v) is 3.74. The lowest BCUT2D eigenvalue weighted by Crippen LogP contribution is -2.55. The largest absolute Gasteiger partial charge is 0.347 e. The SMILES string of the molecule is Cc1cc(C(=O)N[C@H]2C[C@H]3C(=O)N(C)CC(=O)N3C2)c2c(C)noc2n1. The highest BCUT2D eigenvalue weighted by Crippen LogP contribution is 2.25.